The maximum atomic E-state index is 12.6. The highest BCUT2D eigenvalue weighted by molar-refractivity contribution is 6.30. The van der Waals surface area contributed by atoms with E-state index in [4.69, 9.17) is 20.8 Å². The minimum absolute atomic E-state index is 0.00643. The quantitative estimate of drug-likeness (QED) is 0.649. The highest BCUT2D eigenvalue weighted by Gasteiger charge is 2.35. The second-order valence-corrected chi connectivity index (χ2v) is 7.11. The van der Waals surface area contributed by atoms with E-state index in [1.165, 1.54) is 0 Å². The summed E-state index contributed by atoms with van der Waals surface area (Å²) < 4.78 is 10.9. The summed E-state index contributed by atoms with van der Waals surface area (Å²) in [6.07, 6.45) is 2.53. The van der Waals surface area contributed by atoms with E-state index in [9.17, 15) is 9.59 Å². The molecule has 3 rings (SSSR count). The smallest absolute Gasteiger partial charge is 0.227 e. The molecule has 1 aromatic heterocycles. The Morgan fingerprint density at radius 1 is 1.37 bits per heavy atom. The molecule has 1 aromatic carbocycles. The first-order valence-electron chi connectivity index (χ1n) is 8.96. The lowest BCUT2D eigenvalue weighted by Gasteiger charge is -2.21. The Morgan fingerprint density at radius 2 is 2.22 bits per heavy atom. The number of carbonyl (C=O) groups excluding carboxylic acids is 2. The molecule has 0 bridgehead atoms. The van der Waals surface area contributed by atoms with Gasteiger partial charge >= 0.3 is 0 Å². The van der Waals surface area contributed by atoms with Crippen LogP contribution in [0.15, 0.2) is 47.1 Å². The Balaban J connectivity index is 1.41. The van der Waals surface area contributed by atoms with Gasteiger partial charge in [-0.15, -0.1) is 0 Å². The number of ether oxygens (including phenoxy) is 1. The second kappa shape index (κ2) is 8.95. The van der Waals surface area contributed by atoms with Crippen LogP contribution in [-0.2, 0) is 16.1 Å². The van der Waals surface area contributed by atoms with Crippen LogP contribution < -0.4 is 4.74 Å². The molecule has 1 saturated heterocycles. The van der Waals surface area contributed by atoms with Crippen LogP contribution in [0.3, 0.4) is 0 Å². The molecule has 0 spiro atoms. The molecule has 0 saturated carbocycles. The Labute approximate surface area is 163 Å². The van der Waals surface area contributed by atoms with Gasteiger partial charge in [-0.25, -0.2) is 0 Å². The molecule has 6 nitrogen and oxygen atoms in total. The number of nitrogens with zero attached hydrogens (tertiary/aromatic N) is 2. The van der Waals surface area contributed by atoms with E-state index in [1.54, 1.807) is 41.3 Å². The third kappa shape index (κ3) is 5.26. The first-order valence-corrected chi connectivity index (χ1v) is 9.34. The molecular formula is C20H23ClN2O4. The fourth-order valence-corrected chi connectivity index (χ4v) is 3.33. The first-order chi connectivity index (χ1) is 13.0. The zero-order chi connectivity index (χ0) is 19.2. The van der Waals surface area contributed by atoms with Crippen molar-refractivity contribution in [1.29, 1.82) is 0 Å². The molecule has 27 heavy (non-hydrogen) atoms. The topological polar surface area (TPSA) is 63.0 Å². The highest BCUT2D eigenvalue weighted by atomic mass is 35.5. The van der Waals surface area contributed by atoms with Crippen molar-refractivity contribution >= 4 is 23.4 Å². The SMILES string of the molecule is CN(CCCOc1cccc(Cl)c1)C(=O)C1CC(=O)N(Cc2ccco2)C1. The average molecular weight is 391 g/mol. The van der Waals surface area contributed by atoms with Crippen LogP contribution in [0.25, 0.3) is 0 Å². The second-order valence-electron chi connectivity index (χ2n) is 6.67. The Hall–Kier alpha value is -2.47. The molecule has 1 unspecified atom stereocenters. The number of benzene rings is 1. The monoisotopic (exact) mass is 390 g/mol. The standard InChI is InChI=1S/C20H23ClN2O4/c1-22(8-4-10-26-17-6-2-5-16(21)12-17)20(25)15-11-19(24)23(13-15)14-18-7-3-9-27-18/h2-3,5-7,9,12,15H,4,8,10-11,13-14H2,1H3. The number of likely N-dealkylation sites (tertiary alicyclic amines) is 1. The van der Waals surface area contributed by atoms with Gasteiger partial charge in [0, 0.05) is 31.6 Å². The maximum Gasteiger partial charge on any atom is 0.227 e. The summed E-state index contributed by atoms with van der Waals surface area (Å²) in [6, 6.07) is 10.8. The number of halogens is 1. The normalized spacial score (nSPS) is 16.6. The zero-order valence-corrected chi connectivity index (χ0v) is 16.0. The van der Waals surface area contributed by atoms with E-state index in [2.05, 4.69) is 0 Å². The number of hydrogen-bond donors (Lipinski definition) is 0. The number of hydrogen-bond acceptors (Lipinski definition) is 4. The van der Waals surface area contributed by atoms with Crippen LogP contribution >= 0.6 is 11.6 Å². The van der Waals surface area contributed by atoms with Crippen molar-refractivity contribution in [3.05, 3.63) is 53.4 Å². The van der Waals surface area contributed by atoms with Crippen molar-refractivity contribution in [3.63, 3.8) is 0 Å². The predicted octanol–water partition coefficient (Wildman–Crippen LogP) is 3.21. The van der Waals surface area contributed by atoms with Gasteiger partial charge in [0.25, 0.3) is 0 Å². The zero-order valence-electron chi connectivity index (χ0n) is 15.3. The average Bonchev–Trinajstić information content (AvgIpc) is 3.28. The maximum absolute atomic E-state index is 12.6. The van der Waals surface area contributed by atoms with E-state index in [0.29, 0.717) is 43.4 Å². The summed E-state index contributed by atoms with van der Waals surface area (Å²) in [5.41, 5.74) is 0. The third-order valence-electron chi connectivity index (χ3n) is 4.57. The van der Waals surface area contributed by atoms with Crippen LogP contribution in [0, 0.1) is 5.92 Å². The fraction of sp³-hybridized carbons (Fsp3) is 0.400. The molecule has 0 N–H and O–H groups in total. The number of amides is 2. The molecule has 0 aliphatic carbocycles. The van der Waals surface area contributed by atoms with Gasteiger partial charge in [-0.1, -0.05) is 17.7 Å². The molecule has 7 heteroatoms. The van der Waals surface area contributed by atoms with Crippen LogP contribution in [0.1, 0.15) is 18.6 Å². The van der Waals surface area contributed by atoms with Crippen molar-refractivity contribution in [1.82, 2.24) is 9.80 Å². The van der Waals surface area contributed by atoms with Crippen molar-refractivity contribution in [3.8, 4) is 5.75 Å². The van der Waals surface area contributed by atoms with Gasteiger partial charge in [-0.3, -0.25) is 9.59 Å². The van der Waals surface area contributed by atoms with Crippen molar-refractivity contribution in [2.24, 2.45) is 5.92 Å². The van der Waals surface area contributed by atoms with Crippen molar-refractivity contribution in [2.75, 3.05) is 26.7 Å². The summed E-state index contributed by atoms with van der Waals surface area (Å²) >= 11 is 5.92. The Kier molecular flexibility index (Phi) is 6.40. The van der Waals surface area contributed by atoms with Gasteiger partial charge in [0.1, 0.15) is 11.5 Å². The first kappa shape index (κ1) is 19.3. The molecule has 2 aromatic rings. The van der Waals surface area contributed by atoms with Crippen LogP contribution in [-0.4, -0.2) is 48.4 Å². The lowest BCUT2D eigenvalue weighted by atomic mass is 10.1. The largest absolute Gasteiger partial charge is 0.493 e. The Bertz CT molecular complexity index is 778. The Morgan fingerprint density at radius 3 is 2.96 bits per heavy atom. The van der Waals surface area contributed by atoms with E-state index >= 15 is 0 Å². The summed E-state index contributed by atoms with van der Waals surface area (Å²) in [7, 11) is 1.77. The van der Waals surface area contributed by atoms with E-state index in [1.807, 2.05) is 18.2 Å². The molecule has 1 aliphatic heterocycles. The van der Waals surface area contributed by atoms with E-state index in [0.717, 1.165) is 5.76 Å². The fourth-order valence-electron chi connectivity index (χ4n) is 3.15. The summed E-state index contributed by atoms with van der Waals surface area (Å²) in [4.78, 5) is 28.1. The molecular weight excluding hydrogens is 368 g/mol. The van der Waals surface area contributed by atoms with E-state index < -0.39 is 0 Å². The minimum Gasteiger partial charge on any atom is -0.493 e. The van der Waals surface area contributed by atoms with Gasteiger partial charge in [-0.05, 0) is 36.8 Å². The summed E-state index contributed by atoms with van der Waals surface area (Å²) in [5, 5.41) is 0.629. The van der Waals surface area contributed by atoms with Crippen LogP contribution in [0.5, 0.6) is 5.75 Å². The van der Waals surface area contributed by atoms with Gasteiger partial charge in [-0.2, -0.15) is 0 Å². The van der Waals surface area contributed by atoms with Gasteiger partial charge in [0.2, 0.25) is 11.8 Å². The summed E-state index contributed by atoms with van der Waals surface area (Å²) in [5.74, 6) is 1.12. The van der Waals surface area contributed by atoms with Crippen LogP contribution in [0.2, 0.25) is 5.02 Å². The van der Waals surface area contributed by atoms with Gasteiger partial charge in [0.05, 0.1) is 25.3 Å². The molecule has 1 atom stereocenters. The molecule has 144 valence electrons. The van der Waals surface area contributed by atoms with E-state index in [-0.39, 0.29) is 24.2 Å². The van der Waals surface area contributed by atoms with Gasteiger partial charge in [0.15, 0.2) is 0 Å². The number of carbonyl (C=O) groups is 2. The molecule has 1 aliphatic rings. The highest BCUT2D eigenvalue weighted by Crippen LogP contribution is 2.22. The minimum atomic E-state index is -0.300. The van der Waals surface area contributed by atoms with Crippen LogP contribution in [0.4, 0.5) is 0 Å². The summed E-state index contributed by atoms with van der Waals surface area (Å²) in [6.45, 7) is 1.91. The lowest BCUT2D eigenvalue weighted by molar-refractivity contribution is -0.134. The predicted molar refractivity (Wildman–Crippen MR) is 101 cm³/mol. The van der Waals surface area contributed by atoms with Crippen molar-refractivity contribution in [2.45, 2.75) is 19.4 Å². The molecule has 2 amide bonds. The molecule has 2 heterocycles. The molecule has 0 radical (unpaired) electrons. The van der Waals surface area contributed by atoms with Crippen molar-refractivity contribution < 1.29 is 18.7 Å². The third-order valence-corrected chi connectivity index (χ3v) is 4.80. The van der Waals surface area contributed by atoms with Gasteiger partial charge < -0.3 is 19.0 Å². The number of furan rings is 1. The molecule has 1 fully saturated rings. The lowest BCUT2D eigenvalue weighted by Crippen LogP contribution is -2.35. The number of rotatable bonds is 8.